The number of phenols is 2. The van der Waals surface area contributed by atoms with Gasteiger partial charge in [0.25, 0.3) is 0 Å². The molecule has 0 atom stereocenters. The Morgan fingerprint density at radius 1 is 0.442 bits per heavy atom. The SMILES string of the molecule is COc1cc(O)c2c(=O)c(OC)c(-c3ccc(OC)c(OC)c3)oc2c1.COc1cc(O)c2c(=O)c(OC)c(-c3ccc(OC)c(OC)c3)oc2c1. The van der Waals surface area contributed by atoms with Crippen molar-refractivity contribution in [1.29, 1.82) is 0 Å². The van der Waals surface area contributed by atoms with Crippen molar-refractivity contribution in [1.82, 2.24) is 0 Å². The molecule has 0 bridgehead atoms. The van der Waals surface area contributed by atoms with Crippen LogP contribution in [-0.2, 0) is 0 Å². The second kappa shape index (κ2) is 15.5. The van der Waals surface area contributed by atoms with Gasteiger partial charge in [-0.3, -0.25) is 9.59 Å². The lowest BCUT2D eigenvalue weighted by Crippen LogP contribution is -2.08. The van der Waals surface area contributed by atoms with Crippen molar-refractivity contribution < 1.29 is 56.9 Å². The number of hydrogen-bond donors (Lipinski definition) is 2. The van der Waals surface area contributed by atoms with E-state index in [1.54, 1.807) is 36.4 Å². The third kappa shape index (κ3) is 6.73. The van der Waals surface area contributed by atoms with Crippen LogP contribution in [0.1, 0.15) is 0 Å². The molecule has 4 aromatic carbocycles. The summed E-state index contributed by atoms with van der Waals surface area (Å²) in [6.45, 7) is 0. The maximum Gasteiger partial charge on any atom is 0.239 e. The van der Waals surface area contributed by atoms with Gasteiger partial charge in [0.1, 0.15) is 44.9 Å². The minimum Gasteiger partial charge on any atom is -0.507 e. The highest BCUT2D eigenvalue weighted by Crippen LogP contribution is 2.40. The lowest BCUT2D eigenvalue weighted by Gasteiger charge is -2.13. The van der Waals surface area contributed by atoms with Crippen molar-refractivity contribution in [3.05, 3.63) is 81.1 Å². The van der Waals surface area contributed by atoms with Gasteiger partial charge in [0.15, 0.2) is 34.5 Å². The summed E-state index contributed by atoms with van der Waals surface area (Å²) in [5.41, 5.74) is 0.494. The predicted octanol–water partition coefficient (Wildman–Crippen LogP) is 6.40. The largest absolute Gasteiger partial charge is 0.507 e. The van der Waals surface area contributed by atoms with Gasteiger partial charge in [-0.1, -0.05) is 0 Å². The molecule has 0 radical (unpaired) electrons. The minimum atomic E-state index is -0.487. The molecule has 52 heavy (non-hydrogen) atoms. The van der Waals surface area contributed by atoms with E-state index in [4.69, 9.17) is 46.7 Å². The normalized spacial score (nSPS) is 10.6. The zero-order chi connectivity index (χ0) is 37.7. The van der Waals surface area contributed by atoms with Crippen LogP contribution in [0, 0.1) is 0 Å². The molecule has 6 rings (SSSR count). The van der Waals surface area contributed by atoms with Crippen LogP contribution in [0.25, 0.3) is 44.6 Å². The molecule has 6 aromatic rings. The first-order valence-electron chi connectivity index (χ1n) is 15.4. The Kier molecular flexibility index (Phi) is 10.9. The topological polar surface area (TPSA) is 175 Å². The fraction of sp³-hybridized carbons (Fsp3) is 0.211. The highest BCUT2D eigenvalue weighted by atomic mass is 16.5. The molecule has 2 heterocycles. The Morgan fingerprint density at radius 2 is 0.808 bits per heavy atom. The zero-order valence-corrected chi connectivity index (χ0v) is 29.6. The van der Waals surface area contributed by atoms with E-state index in [2.05, 4.69) is 0 Å². The maximum absolute atomic E-state index is 12.8. The van der Waals surface area contributed by atoms with E-state index in [1.165, 1.54) is 81.1 Å². The molecule has 2 aromatic heterocycles. The van der Waals surface area contributed by atoms with E-state index in [0.29, 0.717) is 45.6 Å². The lowest BCUT2D eigenvalue weighted by molar-refractivity contribution is 0.355. The molecule has 0 aliphatic carbocycles. The van der Waals surface area contributed by atoms with E-state index in [-0.39, 0.29) is 56.5 Å². The predicted molar refractivity (Wildman–Crippen MR) is 192 cm³/mol. The van der Waals surface area contributed by atoms with E-state index < -0.39 is 10.9 Å². The van der Waals surface area contributed by atoms with Crippen LogP contribution in [0.15, 0.2) is 79.1 Å². The molecule has 14 nitrogen and oxygen atoms in total. The third-order valence-electron chi connectivity index (χ3n) is 7.98. The summed E-state index contributed by atoms with van der Waals surface area (Å²) >= 11 is 0. The van der Waals surface area contributed by atoms with Gasteiger partial charge in [-0.05, 0) is 36.4 Å². The summed E-state index contributed by atoms with van der Waals surface area (Å²) < 4.78 is 53.6. The summed E-state index contributed by atoms with van der Waals surface area (Å²) in [5.74, 6) is 2.63. The molecular formula is C38H36O14. The van der Waals surface area contributed by atoms with Crippen molar-refractivity contribution in [2.45, 2.75) is 0 Å². The first kappa shape index (κ1) is 36.6. The van der Waals surface area contributed by atoms with Crippen molar-refractivity contribution in [2.24, 2.45) is 0 Å². The quantitative estimate of drug-likeness (QED) is 0.159. The average molecular weight is 717 g/mol. The van der Waals surface area contributed by atoms with Crippen molar-refractivity contribution in [3.63, 3.8) is 0 Å². The molecule has 0 saturated carbocycles. The van der Waals surface area contributed by atoms with Gasteiger partial charge in [-0.2, -0.15) is 0 Å². The number of aromatic hydroxyl groups is 2. The standard InChI is InChI=1S/2C19H18O7/c2*1-22-11-8-12(20)16-15(9-11)26-18(19(25-4)17(16)21)10-5-6-13(23-2)14(7-10)24-3/h2*5-9,20H,1-4H3. The fourth-order valence-corrected chi connectivity index (χ4v) is 5.46. The minimum absolute atomic E-state index is 0.0203. The Hall–Kier alpha value is -6.70. The number of ether oxygens (including phenoxy) is 8. The number of methoxy groups -OCH3 is 8. The van der Waals surface area contributed by atoms with Crippen LogP contribution in [0.4, 0.5) is 0 Å². The first-order chi connectivity index (χ1) is 25.1. The maximum atomic E-state index is 12.8. The number of hydrogen-bond acceptors (Lipinski definition) is 14. The highest BCUT2D eigenvalue weighted by Gasteiger charge is 2.23. The van der Waals surface area contributed by atoms with E-state index in [1.807, 2.05) is 0 Å². The van der Waals surface area contributed by atoms with Crippen molar-refractivity contribution >= 4 is 21.9 Å². The van der Waals surface area contributed by atoms with Gasteiger partial charge in [0, 0.05) is 35.4 Å². The molecule has 0 amide bonds. The van der Waals surface area contributed by atoms with Gasteiger partial charge in [0.2, 0.25) is 22.4 Å². The molecule has 272 valence electrons. The summed E-state index contributed by atoms with van der Waals surface area (Å²) in [5, 5.41) is 20.4. The molecule has 0 fully saturated rings. The third-order valence-corrected chi connectivity index (χ3v) is 7.98. The van der Waals surface area contributed by atoms with E-state index >= 15 is 0 Å². The van der Waals surface area contributed by atoms with Gasteiger partial charge >= 0.3 is 0 Å². The zero-order valence-electron chi connectivity index (χ0n) is 29.6. The molecule has 0 aliphatic rings. The van der Waals surface area contributed by atoms with Gasteiger partial charge in [-0.15, -0.1) is 0 Å². The highest BCUT2D eigenvalue weighted by molar-refractivity contribution is 5.89. The molecule has 0 aliphatic heterocycles. The molecule has 14 heteroatoms. The molecule has 2 N–H and O–H groups in total. The van der Waals surface area contributed by atoms with Crippen LogP contribution in [0.2, 0.25) is 0 Å². The fourth-order valence-electron chi connectivity index (χ4n) is 5.46. The van der Waals surface area contributed by atoms with E-state index in [0.717, 1.165) is 0 Å². The summed E-state index contributed by atoms with van der Waals surface area (Å²) in [7, 11) is 11.7. The second-order valence-corrected chi connectivity index (χ2v) is 10.8. The summed E-state index contributed by atoms with van der Waals surface area (Å²) in [6.07, 6.45) is 0. The van der Waals surface area contributed by atoms with Gasteiger partial charge in [-0.25, -0.2) is 0 Å². The summed E-state index contributed by atoms with van der Waals surface area (Å²) in [6, 6.07) is 15.9. The Bertz CT molecular complexity index is 2210. The Balaban J connectivity index is 0.000000201. The molecule has 0 saturated heterocycles. The molecular weight excluding hydrogens is 680 g/mol. The van der Waals surface area contributed by atoms with E-state index in [9.17, 15) is 19.8 Å². The smallest absolute Gasteiger partial charge is 0.239 e. The number of benzene rings is 4. The van der Waals surface area contributed by atoms with Crippen LogP contribution in [0.5, 0.6) is 57.5 Å². The Morgan fingerprint density at radius 3 is 1.12 bits per heavy atom. The lowest BCUT2D eigenvalue weighted by atomic mass is 10.1. The molecule has 0 unspecified atom stereocenters. The first-order valence-corrected chi connectivity index (χ1v) is 15.4. The number of phenolic OH excluding ortho intramolecular Hbond substituents is 2. The molecule has 0 spiro atoms. The van der Waals surface area contributed by atoms with Gasteiger partial charge in [0.05, 0.1) is 56.9 Å². The monoisotopic (exact) mass is 716 g/mol. The van der Waals surface area contributed by atoms with Crippen LogP contribution >= 0.6 is 0 Å². The van der Waals surface area contributed by atoms with Crippen molar-refractivity contribution in [2.75, 3.05) is 56.9 Å². The Labute approximate surface area is 296 Å². The van der Waals surface area contributed by atoms with Crippen molar-refractivity contribution in [3.8, 4) is 80.1 Å². The van der Waals surface area contributed by atoms with Crippen LogP contribution in [-0.4, -0.2) is 67.1 Å². The summed E-state index contributed by atoms with van der Waals surface area (Å²) in [4.78, 5) is 25.6. The second-order valence-electron chi connectivity index (χ2n) is 10.8. The average Bonchev–Trinajstić information content (AvgIpc) is 3.16. The van der Waals surface area contributed by atoms with Gasteiger partial charge < -0.3 is 56.9 Å². The number of fused-ring (bicyclic) bond motifs is 2. The van der Waals surface area contributed by atoms with Crippen LogP contribution in [0.3, 0.4) is 0 Å². The van der Waals surface area contributed by atoms with Crippen LogP contribution < -0.4 is 48.8 Å². The number of rotatable bonds is 10.